The van der Waals surface area contributed by atoms with Crippen molar-refractivity contribution in [2.75, 3.05) is 13.7 Å². The van der Waals surface area contributed by atoms with Crippen molar-refractivity contribution in [2.45, 2.75) is 31.8 Å². The normalized spacial score (nSPS) is 17.6. The molecule has 1 fully saturated rings. The summed E-state index contributed by atoms with van der Waals surface area (Å²) in [6, 6.07) is 11.2. The first-order chi connectivity index (χ1) is 10.3. The topological polar surface area (TPSA) is 39.1 Å². The minimum atomic E-state index is 0.307. The number of rotatable bonds is 7. The third-order valence-corrected chi connectivity index (χ3v) is 4.14. The Morgan fingerprint density at radius 3 is 2.90 bits per heavy atom. The molecule has 2 atom stereocenters. The first-order valence-electron chi connectivity index (χ1n) is 7.63. The average Bonchev–Trinajstić information content (AvgIpc) is 3.21. The Labute approximate surface area is 126 Å². The molecular weight excluding hydrogens is 262 g/mol. The summed E-state index contributed by atoms with van der Waals surface area (Å²) in [6.45, 7) is 3.00. The maximum Gasteiger partial charge on any atom is 0.0648 e. The van der Waals surface area contributed by atoms with Gasteiger partial charge in [-0.25, -0.2) is 4.68 Å². The molecule has 21 heavy (non-hydrogen) atoms. The summed E-state index contributed by atoms with van der Waals surface area (Å²) in [7, 11) is 1.78. The van der Waals surface area contributed by atoms with Crippen molar-refractivity contribution in [1.29, 1.82) is 0 Å². The summed E-state index contributed by atoms with van der Waals surface area (Å²) in [5.41, 5.74) is 2.38. The van der Waals surface area contributed by atoms with Gasteiger partial charge in [0.2, 0.25) is 0 Å². The number of methoxy groups -OCH3 is 1. The van der Waals surface area contributed by atoms with Gasteiger partial charge in [-0.3, -0.25) is 0 Å². The van der Waals surface area contributed by atoms with Crippen LogP contribution in [-0.4, -0.2) is 29.5 Å². The summed E-state index contributed by atoms with van der Waals surface area (Å²) in [5, 5.41) is 8.01. The Balaban J connectivity index is 1.72. The molecule has 1 N–H and O–H groups in total. The van der Waals surface area contributed by atoms with Crippen LogP contribution in [0.3, 0.4) is 0 Å². The van der Waals surface area contributed by atoms with Crippen LogP contribution < -0.4 is 5.32 Å². The molecule has 112 valence electrons. The number of nitrogens with one attached hydrogen (secondary N) is 1. The van der Waals surface area contributed by atoms with E-state index in [2.05, 4.69) is 41.6 Å². The Morgan fingerprint density at radius 2 is 2.24 bits per heavy atom. The maximum absolute atomic E-state index is 5.35. The molecule has 1 aromatic heterocycles. The number of benzene rings is 1. The van der Waals surface area contributed by atoms with Crippen molar-refractivity contribution < 1.29 is 4.74 Å². The Morgan fingerprint density at radius 1 is 1.38 bits per heavy atom. The molecule has 1 heterocycles. The van der Waals surface area contributed by atoms with Crippen LogP contribution in [0.1, 0.15) is 31.4 Å². The molecule has 0 spiro atoms. The van der Waals surface area contributed by atoms with E-state index >= 15 is 0 Å². The third-order valence-electron chi connectivity index (χ3n) is 4.14. The zero-order chi connectivity index (χ0) is 14.7. The highest BCUT2D eigenvalue weighted by atomic mass is 16.5. The second-order valence-corrected chi connectivity index (χ2v) is 5.83. The highest BCUT2D eigenvalue weighted by Gasteiger charge is 2.31. The fraction of sp³-hybridized carbons (Fsp3) is 0.471. The molecule has 4 nitrogen and oxygen atoms in total. The zero-order valence-electron chi connectivity index (χ0n) is 12.7. The van der Waals surface area contributed by atoms with Crippen molar-refractivity contribution in [2.24, 2.45) is 5.92 Å². The highest BCUT2D eigenvalue weighted by molar-refractivity contribution is 5.36. The minimum Gasteiger partial charge on any atom is -0.383 e. The van der Waals surface area contributed by atoms with Gasteiger partial charge in [0.25, 0.3) is 0 Å². The van der Waals surface area contributed by atoms with Crippen LogP contribution in [0.15, 0.2) is 42.7 Å². The van der Waals surface area contributed by atoms with E-state index in [1.165, 1.54) is 18.4 Å². The van der Waals surface area contributed by atoms with E-state index in [0.717, 1.165) is 18.2 Å². The van der Waals surface area contributed by atoms with Crippen molar-refractivity contribution in [1.82, 2.24) is 15.1 Å². The second-order valence-electron chi connectivity index (χ2n) is 5.83. The van der Waals surface area contributed by atoms with Crippen molar-refractivity contribution in [3.63, 3.8) is 0 Å². The molecule has 0 bridgehead atoms. The second kappa shape index (κ2) is 6.41. The molecule has 1 aliphatic carbocycles. The Hall–Kier alpha value is -1.65. The molecule has 0 radical (unpaired) electrons. The van der Waals surface area contributed by atoms with Crippen molar-refractivity contribution in [3.8, 4) is 5.69 Å². The molecule has 0 aliphatic heterocycles. The predicted octanol–water partition coefficient (Wildman–Crippen LogP) is 2.95. The SMILES string of the molecule is COC[C@@H](N[C@H](C)c1cccc(-n2cccn2)c1)C1CC1. The summed E-state index contributed by atoms with van der Waals surface area (Å²) in [5.74, 6) is 0.779. The summed E-state index contributed by atoms with van der Waals surface area (Å²) < 4.78 is 7.24. The Bertz CT molecular complexity index is 563. The Kier molecular flexibility index (Phi) is 4.36. The molecule has 2 aromatic rings. The van der Waals surface area contributed by atoms with Gasteiger partial charge in [0.05, 0.1) is 12.3 Å². The molecule has 0 unspecified atom stereocenters. The zero-order valence-corrected chi connectivity index (χ0v) is 12.7. The smallest absolute Gasteiger partial charge is 0.0648 e. The first-order valence-corrected chi connectivity index (χ1v) is 7.63. The van der Waals surface area contributed by atoms with E-state index in [-0.39, 0.29) is 0 Å². The van der Waals surface area contributed by atoms with Crippen LogP contribution in [0.2, 0.25) is 0 Å². The number of hydrogen-bond acceptors (Lipinski definition) is 3. The molecule has 1 saturated carbocycles. The van der Waals surface area contributed by atoms with E-state index < -0.39 is 0 Å². The lowest BCUT2D eigenvalue weighted by molar-refractivity contribution is 0.152. The van der Waals surface area contributed by atoms with Crippen LogP contribution in [0.4, 0.5) is 0 Å². The van der Waals surface area contributed by atoms with Gasteiger partial charge in [-0.15, -0.1) is 0 Å². The lowest BCUT2D eigenvalue weighted by Gasteiger charge is -2.23. The third kappa shape index (κ3) is 3.52. The van der Waals surface area contributed by atoms with E-state index in [1.807, 2.05) is 16.9 Å². The van der Waals surface area contributed by atoms with Gasteiger partial charge in [-0.1, -0.05) is 12.1 Å². The summed E-state index contributed by atoms with van der Waals surface area (Å²) in [4.78, 5) is 0. The van der Waals surface area contributed by atoms with Crippen LogP contribution in [0.25, 0.3) is 5.69 Å². The van der Waals surface area contributed by atoms with Crippen LogP contribution >= 0.6 is 0 Å². The molecule has 0 saturated heterocycles. The minimum absolute atomic E-state index is 0.307. The van der Waals surface area contributed by atoms with Gasteiger partial charge in [0.1, 0.15) is 0 Å². The van der Waals surface area contributed by atoms with E-state index in [4.69, 9.17) is 4.74 Å². The standard InChI is InChI=1S/C17H23N3O/c1-13(19-17(12-21-2)14-7-8-14)15-5-3-6-16(11-15)20-10-4-9-18-20/h3-6,9-11,13-14,17,19H,7-8,12H2,1-2H3/t13-,17-/m1/s1. The fourth-order valence-corrected chi connectivity index (χ4v) is 2.77. The van der Waals surface area contributed by atoms with Crippen molar-refractivity contribution >= 4 is 0 Å². The van der Waals surface area contributed by atoms with E-state index in [9.17, 15) is 0 Å². The number of nitrogens with zero attached hydrogens (tertiary/aromatic N) is 2. The summed E-state index contributed by atoms with van der Waals surface area (Å²) >= 11 is 0. The highest BCUT2D eigenvalue weighted by Crippen LogP contribution is 2.34. The van der Waals surface area contributed by atoms with Crippen LogP contribution in [0, 0.1) is 5.92 Å². The first kappa shape index (κ1) is 14.3. The van der Waals surface area contributed by atoms with Gasteiger partial charge < -0.3 is 10.1 Å². The molecular formula is C17H23N3O. The quantitative estimate of drug-likeness (QED) is 0.850. The lowest BCUT2D eigenvalue weighted by atomic mass is 10.1. The van der Waals surface area contributed by atoms with E-state index in [1.54, 1.807) is 13.3 Å². The molecule has 0 amide bonds. The number of hydrogen-bond donors (Lipinski definition) is 1. The van der Waals surface area contributed by atoms with E-state index in [0.29, 0.717) is 12.1 Å². The average molecular weight is 285 g/mol. The number of ether oxygens (including phenoxy) is 1. The molecule has 4 heteroatoms. The van der Waals surface area contributed by atoms with Crippen LogP contribution in [0.5, 0.6) is 0 Å². The number of aromatic nitrogens is 2. The molecule has 3 rings (SSSR count). The maximum atomic E-state index is 5.35. The van der Waals surface area contributed by atoms with Gasteiger partial charge >= 0.3 is 0 Å². The molecule has 1 aliphatic rings. The monoisotopic (exact) mass is 285 g/mol. The van der Waals surface area contributed by atoms with Gasteiger partial charge in [0.15, 0.2) is 0 Å². The molecule has 1 aromatic carbocycles. The largest absolute Gasteiger partial charge is 0.383 e. The summed E-state index contributed by atoms with van der Waals surface area (Å²) in [6.07, 6.45) is 6.41. The predicted molar refractivity (Wildman–Crippen MR) is 83.5 cm³/mol. The lowest BCUT2D eigenvalue weighted by Crippen LogP contribution is -2.37. The van der Waals surface area contributed by atoms with Gasteiger partial charge in [0, 0.05) is 31.6 Å². The van der Waals surface area contributed by atoms with Crippen molar-refractivity contribution in [3.05, 3.63) is 48.3 Å². The van der Waals surface area contributed by atoms with Gasteiger partial charge in [-0.05, 0) is 49.4 Å². The van der Waals surface area contributed by atoms with Gasteiger partial charge in [-0.2, -0.15) is 5.10 Å². The van der Waals surface area contributed by atoms with Crippen LogP contribution in [-0.2, 0) is 4.74 Å². The fourth-order valence-electron chi connectivity index (χ4n) is 2.77.